The number of imidazole rings is 1. The van der Waals surface area contributed by atoms with Crippen molar-refractivity contribution in [3.05, 3.63) is 18.2 Å². The monoisotopic (exact) mass is 291 g/mol. The summed E-state index contributed by atoms with van der Waals surface area (Å²) < 4.78 is 2.29. The molecule has 1 N–H and O–H groups in total. The van der Waals surface area contributed by atoms with Crippen LogP contribution in [0.15, 0.2) is 12.4 Å². The molecule has 2 rings (SSSR count). The maximum absolute atomic E-state index is 4.61. The molecule has 21 heavy (non-hydrogen) atoms. The van der Waals surface area contributed by atoms with Crippen LogP contribution in [0, 0.1) is 11.3 Å². The van der Waals surface area contributed by atoms with Crippen LogP contribution in [0.1, 0.15) is 65.6 Å². The van der Waals surface area contributed by atoms with Gasteiger partial charge in [-0.05, 0) is 44.1 Å². The summed E-state index contributed by atoms with van der Waals surface area (Å²) >= 11 is 0. The molecule has 3 heteroatoms. The molecule has 0 radical (unpaired) electrons. The Hall–Kier alpha value is -0.830. The van der Waals surface area contributed by atoms with Crippen molar-refractivity contribution < 1.29 is 0 Å². The predicted molar refractivity (Wildman–Crippen MR) is 89.4 cm³/mol. The van der Waals surface area contributed by atoms with Crippen LogP contribution < -0.4 is 5.32 Å². The SMILES string of the molecule is CCNC(Cc1nccn1CC)C1(CC(C)C)CCCC1. The van der Waals surface area contributed by atoms with Crippen molar-refractivity contribution in [1.82, 2.24) is 14.9 Å². The number of hydrogen-bond acceptors (Lipinski definition) is 2. The van der Waals surface area contributed by atoms with Gasteiger partial charge in [0.25, 0.3) is 0 Å². The molecule has 0 spiro atoms. The molecule has 0 aliphatic heterocycles. The highest BCUT2D eigenvalue weighted by atomic mass is 15.1. The van der Waals surface area contributed by atoms with E-state index in [4.69, 9.17) is 0 Å². The third-order valence-corrected chi connectivity index (χ3v) is 5.13. The van der Waals surface area contributed by atoms with E-state index < -0.39 is 0 Å². The summed E-state index contributed by atoms with van der Waals surface area (Å²) in [6.07, 6.45) is 12.0. The highest BCUT2D eigenvalue weighted by molar-refractivity contribution is 5.03. The lowest BCUT2D eigenvalue weighted by Crippen LogP contribution is -2.46. The van der Waals surface area contributed by atoms with Gasteiger partial charge in [-0.3, -0.25) is 0 Å². The molecular formula is C18H33N3. The van der Waals surface area contributed by atoms with Crippen LogP contribution in [0.4, 0.5) is 0 Å². The van der Waals surface area contributed by atoms with Crippen LogP contribution in [0.5, 0.6) is 0 Å². The van der Waals surface area contributed by atoms with Crippen LogP contribution in [0.25, 0.3) is 0 Å². The summed E-state index contributed by atoms with van der Waals surface area (Å²) in [4.78, 5) is 4.61. The van der Waals surface area contributed by atoms with Crippen molar-refractivity contribution in [3.8, 4) is 0 Å². The van der Waals surface area contributed by atoms with Crippen molar-refractivity contribution in [2.45, 2.75) is 78.8 Å². The Kier molecular flexibility index (Phi) is 5.86. The smallest absolute Gasteiger partial charge is 0.110 e. The second-order valence-corrected chi connectivity index (χ2v) is 7.11. The van der Waals surface area contributed by atoms with Crippen LogP contribution in [-0.2, 0) is 13.0 Å². The average Bonchev–Trinajstić information content (AvgIpc) is 3.07. The van der Waals surface area contributed by atoms with Crippen LogP contribution >= 0.6 is 0 Å². The first-order valence-corrected chi connectivity index (χ1v) is 8.84. The van der Waals surface area contributed by atoms with Crippen LogP contribution in [0.3, 0.4) is 0 Å². The van der Waals surface area contributed by atoms with Gasteiger partial charge in [0.05, 0.1) is 0 Å². The number of likely N-dealkylation sites (N-methyl/N-ethyl adjacent to an activating group) is 1. The molecule has 120 valence electrons. The molecule has 0 bridgehead atoms. The number of hydrogen-bond donors (Lipinski definition) is 1. The zero-order chi connectivity index (χ0) is 15.3. The average molecular weight is 291 g/mol. The van der Waals surface area contributed by atoms with Gasteiger partial charge in [0.1, 0.15) is 5.82 Å². The Labute approximate surface area is 130 Å². The third kappa shape index (κ3) is 3.88. The quantitative estimate of drug-likeness (QED) is 0.783. The van der Waals surface area contributed by atoms with Gasteiger partial charge in [-0.25, -0.2) is 4.98 Å². The lowest BCUT2D eigenvalue weighted by Gasteiger charge is -2.39. The maximum atomic E-state index is 4.61. The summed E-state index contributed by atoms with van der Waals surface area (Å²) in [6, 6.07) is 0.570. The molecule has 1 aliphatic carbocycles. The Balaban J connectivity index is 2.19. The van der Waals surface area contributed by atoms with Crippen molar-refractivity contribution >= 4 is 0 Å². The van der Waals surface area contributed by atoms with Gasteiger partial charge < -0.3 is 9.88 Å². The normalized spacial score (nSPS) is 19.3. The van der Waals surface area contributed by atoms with Crippen molar-refractivity contribution in [2.75, 3.05) is 6.54 Å². The molecule has 1 aliphatic rings. The topological polar surface area (TPSA) is 29.9 Å². The van der Waals surface area contributed by atoms with Crippen molar-refractivity contribution in [1.29, 1.82) is 0 Å². The zero-order valence-corrected chi connectivity index (χ0v) is 14.4. The fraction of sp³-hybridized carbons (Fsp3) is 0.833. The molecular weight excluding hydrogens is 258 g/mol. The molecule has 1 saturated carbocycles. The fourth-order valence-electron chi connectivity index (χ4n) is 4.34. The van der Waals surface area contributed by atoms with Gasteiger partial charge in [-0.1, -0.05) is 33.6 Å². The molecule has 1 aromatic rings. The highest BCUT2D eigenvalue weighted by Gasteiger charge is 2.41. The van der Waals surface area contributed by atoms with E-state index in [0.717, 1.165) is 25.4 Å². The maximum Gasteiger partial charge on any atom is 0.110 e. The number of aryl methyl sites for hydroxylation is 1. The third-order valence-electron chi connectivity index (χ3n) is 5.13. The molecule has 1 unspecified atom stereocenters. The van der Waals surface area contributed by atoms with E-state index in [1.54, 1.807) is 0 Å². The Morgan fingerprint density at radius 1 is 1.29 bits per heavy atom. The molecule has 1 atom stereocenters. The molecule has 0 aromatic carbocycles. The van der Waals surface area contributed by atoms with Crippen LogP contribution in [0.2, 0.25) is 0 Å². The summed E-state index contributed by atoms with van der Waals surface area (Å²) in [5.41, 5.74) is 0.481. The Morgan fingerprint density at radius 3 is 2.57 bits per heavy atom. The number of aromatic nitrogens is 2. The minimum Gasteiger partial charge on any atom is -0.335 e. The standard InChI is InChI=1S/C18H33N3/c1-5-19-16(13-17-20-11-12-21(17)6-2)18(14-15(3)4)9-7-8-10-18/h11-12,15-16,19H,5-10,13-14H2,1-4H3. The minimum atomic E-state index is 0.481. The van der Waals surface area contributed by atoms with Gasteiger partial charge in [-0.15, -0.1) is 0 Å². The van der Waals surface area contributed by atoms with E-state index in [9.17, 15) is 0 Å². The Morgan fingerprint density at radius 2 is 2.00 bits per heavy atom. The molecule has 3 nitrogen and oxygen atoms in total. The highest BCUT2D eigenvalue weighted by Crippen LogP contribution is 2.46. The second-order valence-electron chi connectivity index (χ2n) is 7.11. The lowest BCUT2D eigenvalue weighted by atomic mass is 9.71. The van der Waals surface area contributed by atoms with Crippen molar-refractivity contribution in [2.24, 2.45) is 11.3 Å². The van der Waals surface area contributed by atoms with E-state index in [1.807, 2.05) is 6.20 Å². The first kappa shape index (κ1) is 16.5. The second kappa shape index (κ2) is 7.44. The van der Waals surface area contributed by atoms with E-state index in [1.165, 1.54) is 37.9 Å². The summed E-state index contributed by atoms with van der Waals surface area (Å²) in [6.45, 7) is 11.2. The van der Waals surface area contributed by atoms with Gasteiger partial charge in [0.15, 0.2) is 0 Å². The van der Waals surface area contributed by atoms with E-state index in [0.29, 0.717) is 11.5 Å². The predicted octanol–water partition coefficient (Wildman–Crippen LogP) is 4.03. The minimum absolute atomic E-state index is 0.481. The largest absolute Gasteiger partial charge is 0.335 e. The number of nitrogens with zero attached hydrogens (tertiary/aromatic N) is 2. The summed E-state index contributed by atoms with van der Waals surface area (Å²) in [5.74, 6) is 2.02. The van der Waals surface area contributed by atoms with Gasteiger partial charge in [0, 0.05) is 31.4 Å². The first-order chi connectivity index (χ1) is 10.1. The summed E-state index contributed by atoms with van der Waals surface area (Å²) in [7, 11) is 0. The first-order valence-electron chi connectivity index (χ1n) is 8.84. The molecule has 1 aromatic heterocycles. The molecule has 1 fully saturated rings. The van der Waals surface area contributed by atoms with Crippen LogP contribution in [-0.4, -0.2) is 22.1 Å². The molecule has 0 amide bonds. The molecule has 1 heterocycles. The lowest BCUT2D eigenvalue weighted by molar-refractivity contribution is 0.153. The fourth-order valence-corrected chi connectivity index (χ4v) is 4.34. The van der Waals surface area contributed by atoms with E-state index in [2.05, 4.69) is 48.8 Å². The van der Waals surface area contributed by atoms with Gasteiger partial charge in [-0.2, -0.15) is 0 Å². The number of rotatable bonds is 8. The van der Waals surface area contributed by atoms with E-state index >= 15 is 0 Å². The van der Waals surface area contributed by atoms with Gasteiger partial charge >= 0.3 is 0 Å². The number of nitrogens with one attached hydrogen (secondary N) is 1. The Bertz CT molecular complexity index is 416. The van der Waals surface area contributed by atoms with Crippen molar-refractivity contribution in [3.63, 3.8) is 0 Å². The van der Waals surface area contributed by atoms with Gasteiger partial charge in [0.2, 0.25) is 0 Å². The zero-order valence-electron chi connectivity index (χ0n) is 14.4. The molecule has 0 saturated heterocycles. The summed E-state index contributed by atoms with van der Waals surface area (Å²) in [5, 5.41) is 3.81. The van der Waals surface area contributed by atoms with E-state index in [-0.39, 0.29) is 0 Å².